The Labute approximate surface area is 194 Å². The number of nitrogens with zero attached hydrogens (tertiary/aromatic N) is 6. The molecule has 1 atom stereocenters. The van der Waals surface area contributed by atoms with E-state index in [9.17, 15) is 5.26 Å². The lowest BCUT2D eigenvalue weighted by atomic mass is 9.98. The zero-order chi connectivity index (χ0) is 22.9. The Hall–Kier alpha value is -3.63. The predicted octanol–water partition coefficient (Wildman–Crippen LogP) is 4.38. The second-order valence-corrected chi connectivity index (χ2v) is 8.68. The molecule has 0 amide bonds. The molecule has 1 fully saturated rings. The molecule has 0 bridgehead atoms. The van der Waals surface area contributed by atoms with E-state index in [0.29, 0.717) is 11.3 Å². The van der Waals surface area contributed by atoms with E-state index in [2.05, 4.69) is 64.3 Å². The van der Waals surface area contributed by atoms with Crippen LogP contribution >= 0.6 is 0 Å². The first-order valence-corrected chi connectivity index (χ1v) is 11.6. The van der Waals surface area contributed by atoms with Crippen LogP contribution in [0.5, 0.6) is 0 Å². The molecule has 33 heavy (non-hydrogen) atoms. The zero-order valence-electron chi connectivity index (χ0n) is 19.4. The van der Waals surface area contributed by atoms with Gasteiger partial charge in [0.05, 0.1) is 23.2 Å². The Morgan fingerprint density at radius 2 is 1.97 bits per heavy atom. The highest BCUT2D eigenvalue weighted by Crippen LogP contribution is 2.31. The van der Waals surface area contributed by atoms with Crippen molar-refractivity contribution in [3.05, 3.63) is 65.5 Å². The maximum absolute atomic E-state index is 9.44. The first-order valence-electron chi connectivity index (χ1n) is 11.6. The Morgan fingerprint density at radius 3 is 2.73 bits per heavy atom. The molecule has 3 heterocycles. The monoisotopic (exact) mass is 439 g/mol. The summed E-state index contributed by atoms with van der Waals surface area (Å²) in [5.74, 6) is 1.48. The molecular formula is C26H29N7. The lowest BCUT2D eigenvalue weighted by Crippen LogP contribution is -2.46. The van der Waals surface area contributed by atoms with E-state index in [1.807, 2.05) is 29.7 Å². The van der Waals surface area contributed by atoms with Gasteiger partial charge in [0.2, 0.25) is 5.78 Å². The topological polar surface area (TPSA) is 72.5 Å². The molecule has 5 rings (SSSR count). The molecule has 7 nitrogen and oxygen atoms in total. The minimum Gasteiger partial charge on any atom is -0.369 e. The van der Waals surface area contributed by atoms with Crippen molar-refractivity contribution in [2.45, 2.75) is 26.8 Å². The average Bonchev–Trinajstić information content (AvgIpc) is 3.32. The molecule has 0 spiro atoms. The quantitative estimate of drug-likeness (QED) is 0.498. The summed E-state index contributed by atoms with van der Waals surface area (Å²) in [4.78, 5) is 14.2. The summed E-state index contributed by atoms with van der Waals surface area (Å²) in [6, 6.07) is 14.8. The van der Waals surface area contributed by atoms with Crippen LogP contribution in [-0.4, -0.2) is 52.0 Å². The number of hydrogen-bond donors (Lipinski definition) is 1. The molecule has 7 heteroatoms. The van der Waals surface area contributed by atoms with Gasteiger partial charge in [-0.1, -0.05) is 19.1 Å². The summed E-state index contributed by atoms with van der Waals surface area (Å²) in [5, 5.41) is 14.1. The van der Waals surface area contributed by atoms with Crippen LogP contribution in [-0.2, 0) is 0 Å². The maximum atomic E-state index is 9.44. The molecule has 4 aromatic rings. The molecule has 0 saturated carbocycles. The number of likely N-dealkylation sites (N-methyl/N-ethyl adjacent to an activating group) is 1. The number of anilines is 2. The fourth-order valence-electron chi connectivity index (χ4n) is 4.81. The van der Waals surface area contributed by atoms with Gasteiger partial charge in [0.15, 0.2) is 0 Å². The minimum atomic E-state index is -0.0110. The van der Waals surface area contributed by atoms with Gasteiger partial charge in [-0.05, 0) is 55.8 Å². The summed E-state index contributed by atoms with van der Waals surface area (Å²) in [7, 11) is 0. The summed E-state index contributed by atoms with van der Waals surface area (Å²) in [5.41, 5.74) is 5.10. The summed E-state index contributed by atoms with van der Waals surface area (Å²) in [6.07, 6.45) is 3.74. The number of piperazine rings is 1. The van der Waals surface area contributed by atoms with Crippen LogP contribution in [0.3, 0.4) is 0 Å². The van der Waals surface area contributed by atoms with Gasteiger partial charge in [-0.15, -0.1) is 0 Å². The molecule has 0 radical (unpaired) electrons. The van der Waals surface area contributed by atoms with E-state index < -0.39 is 0 Å². The van der Waals surface area contributed by atoms with Crippen LogP contribution < -0.4 is 10.2 Å². The SMILES string of the molecule is CCN1CCN(c2ccc3c(c2)c(NC(C)c2cccc(C#N)c2C)nc2nccn23)CC1. The van der Waals surface area contributed by atoms with Gasteiger partial charge in [0.25, 0.3) is 0 Å². The minimum absolute atomic E-state index is 0.0110. The first kappa shape index (κ1) is 21.2. The van der Waals surface area contributed by atoms with E-state index >= 15 is 0 Å². The highest BCUT2D eigenvalue weighted by molar-refractivity contribution is 5.93. The lowest BCUT2D eigenvalue weighted by molar-refractivity contribution is 0.271. The van der Waals surface area contributed by atoms with Crippen molar-refractivity contribution >= 4 is 28.2 Å². The molecule has 168 valence electrons. The predicted molar refractivity (Wildman–Crippen MR) is 133 cm³/mol. The molecule has 1 unspecified atom stereocenters. The number of hydrogen-bond acceptors (Lipinski definition) is 6. The highest BCUT2D eigenvalue weighted by atomic mass is 15.3. The van der Waals surface area contributed by atoms with E-state index in [1.165, 1.54) is 5.69 Å². The van der Waals surface area contributed by atoms with E-state index in [4.69, 9.17) is 4.98 Å². The fraction of sp³-hybridized carbons (Fsp3) is 0.346. The molecule has 2 aromatic heterocycles. The van der Waals surface area contributed by atoms with Crippen LogP contribution in [0.15, 0.2) is 48.8 Å². The smallest absolute Gasteiger partial charge is 0.236 e. The number of benzene rings is 2. The van der Waals surface area contributed by atoms with Crippen molar-refractivity contribution in [3.8, 4) is 6.07 Å². The molecule has 0 aliphatic carbocycles. The van der Waals surface area contributed by atoms with Crippen LogP contribution in [0.2, 0.25) is 0 Å². The van der Waals surface area contributed by atoms with Gasteiger partial charge < -0.3 is 15.1 Å². The molecule has 2 aromatic carbocycles. The Bertz CT molecular complexity index is 1340. The number of nitrogens with one attached hydrogen (secondary N) is 1. The number of fused-ring (bicyclic) bond motifs is 3. The summed E-state index contributed by atoms with van der Waals surface area (Å²) in [6.45, 7) is 11.7. The van der Waals surface area contributed by atoms with Gasteiger partial charge in [0.1, 0.15) is 5.82 Å². The average molecular weight is 440 g/mol. The molecule has 1 saturated heterocycles. The normalized spacial score (nSPS) is 15.6. The zero-order valence-corrected chi connectivity index (χ0v) is 19.4. The summed E-state index contributed by atoms with van der Waals surface area (Å²) >= 11 is 0. The molecule has 1 aliphatic heterocycles. The molecule has 1 aliphatic rings. The third-order valence-electron chi connectivity index (χ3n) is 6.83. The number of rotatable bonds is 5. The van der Waals surface area contributed by atoms with E-state index in [1.54, 1.807) is 6.20 Å². The van der Waals surface area contributed by atoms with Gasteiger partial charge in [-0.3, -0.25) is 4.40 Å². The Kier molecular flexibility index (Phi) is 5.61. The number of aromatic nitrogens is 3. The summed E-state index contributed by atoms with van der Waals surface area (Å²) < 4.78 is 2.03. The van der Waals surface area contributed by atoms with Gasteiger partial charge in [-0.2, -0.15) is 10.2 Å². The van der Waals surface area contributed by atoms with E-state index in [-0.39, 0.29) is 6.04 Å². The maximum Gasteiger partial charge on any atom is 0.236 e. The van der Waals surface area contributed by atoms with Crippen molar-refractivity contribution in [1.82, 2.24) is 19.3 Å². The van der Waals surface area contributed by atoms with Crippen LogP contribution in [0.4, 0.5) is 11.5 Å². The van der Waals surface area contributed by atoms with Crippen molar-refractivity contribution < 1.29 is 0 Å². The van der Waals surface area contributed by atoms with Crippen LogP contribution in [0.1, 0.15) is 36.6 Å². The molecular weight excluding hydrogens is 410 g/mol. The standard InChI is InChI=1S/C26H29N7/c1-4-31-12-14-32(15-13-31)21-8-9-24-23(16-21)25(30-26-28-10-11-33(24)26)29-19(3)22-7-5-6-20(17-27)18(22)2/h5-11,16,19H,4,12-15H2,1-3H3,(H,28,29,30). The highest BCUT2D eigenvalue weighted by Gasteiger charge is 2.19. The number of imidazole rings is 1. The second-order valence-electron chi connectivity index (χ2n) is 8.68. The van der Waals surface area contributed by atoms with E-state index in [0.717, 1.165) is 60.6 Å². The van der Waals surface area contributed by atoms with Crippen LogP contribution in [0, 0.1) is 18.3 Å². The third-order valence-corrected chi connectivity index (χ3v) is 6.83. The van der Waals surface area contributed by atoms with Gasteiger partial charge in [-0.25, -0.2) is 4.98 Å². The lowest BCUT2D eigenvalue weighted by Gasteiger charge is -2.35. The van der Waals surface area contributed by atoms with Crippen molar-refractivity contribution in [2.75, 3.05) is 42.9 Å². The largest absolute Gasteiger partial charge is 0.369 e. The van der Waals surface area contributed by atoms with Gasteiger partial charge >= 0.3 is 0 Å². The first-order chi connectivity index (χ1) is 16.1. The van der Waals surface area contributed by atoms with Crippen molar-refractivity contribution in [3.63, 3.8) is 0 Å². The fourth-order valence-corrected chi connectivity index (χ4v) is 4.81. The van der Waals surface area contributed by atoms with Crippen LogP contribution in [0.25, 0.3) is 16.7 Å². The second kappa shape index (κ2) is 8.72. The third kappa shape index (κ3) is 3.87. The Morgan fingerprint density at radius 1 is 1.15 bits per heavy atom. The van der Waals surface area contributed by atoms with Gasteiger partial charge in [0, 0.05) is 49.6 Å². The van der Waals surface area contributed by atoms with Crippen molar-refractivity contribution in [2.24, 2.45) is 0 Å². The number of nitriles is 1. The molecule has 1 N–H and O–H groups in total. The Balaban J connectivity index is 1.55. The van der Waals surface area contributed by atoms with Crippen molar-refractivity contribution in [1.29, 1.82) is 5.26 Å².